The Kier molecular flexibility index (Phi) is 39.8. The van der Waals surface area contributed by atoms with Crippen LogP contribution in [0.3, 0.4) is 0 Å². The third-order valence-corrected chi connectivity index (χ3v) is 11.2. The molecule has 0 aliphatic rings. The van der Waals surface area contributed by atoms with Crippen LogP contribution < -0.4 is 0 Å². The van der Waals surface area contributed by atoms with Crippen LogP contribution in [0.1, 0.15) is 181 Å². The van der Waals surface area contributed by atoms with Gasteiger partial charge in [-0.3, -0.25) is 18.6 Å². The summed E-state index contributed by atoms with van der Waals surface area (Å²) in [5, 5.41) is 20.8. The molecule has 0 heterocycles. The molecule has 0 saturated heterocycles. The van der Waals surface area contributed by atoms with Crippen molar-refractivity contribution in [2.24, 2.45) is 0 Å². The van der Waals surface area contributed by atoms with Crippen LogP contribution in [0.2, 0.25) is 0 Å². The second kappa shape index (κ2) is 41.3. The molecule has 3 unspecified atom stereocenters. The van der Waals surface area contributed by atoms with Crippen LogP contribution in [0, 0.1) is 0 Å². The molecule has 0 aromatic heterocycles. The summed E-state index contributed by atoms with van der Waals surface area (Å²) in [6.07, 6.45) is 42.9. The molecular weight excluding hydrogens is 806 g/mol. The average Bonchev–Trinajstić information content (AvgIpc) is 3.22. The number of hydrogen-bond acceptors (Lipinski definition) is 9. The number of ether oxygens (including phenoxy) is 2. The van der Waals surface area contributed by atoms with E-state index in [1.54, 1.807) is 0 Å². The molecule has 0 bridgehead atoms. The lowest BCUT2D eigenvalue weighted by atomic mass is 10.0. The zero-order chi connectivity index (χ0) is 46.0. The highest BCUT2D eigenvalue weighted by atomic mass is 31.2. The minimum absolute atomic E-state index is 0.0164. The number of carbonyl (C=O) groups excluding carboxylic acids is 2. The molecule has 0 aromatic rings. The molecule has 0 amide bonds. The van der Waals surface area contributed by atoms with Gasteiger partial charge in [0, 0.05) is 12.8 Å². The number of unbranched alkanes of at least 4 members (excludes halogenated alkanes) is 15. The van der Waals surface area contributed by atoms with Gasteiger partial charge < -0.3 is 29.1 Å². The van der Waals surface area contributed by atoms with Crippen LogP contribution in [0.25, 0.3) is 0 Å². The first kappa shape index (κ1) is 59.6. The summed E-state index contributed by atoms with van der Waals surface area (Å²) < 4.78 is 34.2. The Balaban J connectivity index is 4.53. The molecule has 0 spiro atoms. The highest BCUT2D eigenvalue weighted by Gasteiger charge is 2.27. The van der Waals surface area contributed by atoms with Gasteiger partial charge in [-0.05, 0) is 83.5 Å². The van der Waals surface area contributed by atoms with Crippen molar-refractivity contribution in [1.82, 2.24) is 0 Å². The van der Waals surface area contributed by atoms with Crippen molar-refractivity contribution < 1.29 is 52.3 Å². The second-order valence-electron chi connectivity index (χ2n) is 17.4. The number of aliphatic hydroxyl groups excluding tert-OH is 2. The zero-order valence-corrected chi connectivity index (χ0v) is 40.7. The predicted molar refractivity (Wildman–Crippen MR) is 255 cm³/mol. The summed E-state index contributed by atoms with van der Waals surface area (Å²) in [6, 6.07) is 0. The van der Waals surface area contributed by atoms with Gasteiger partial charge in [-0.15, -0.1) is 0 Å². The quantitative estimate of drug-likeness (QED) is 0.0177. The highest BCUT2D eigenvalue weighted by molar-refractivity contribution is 7.47. The molecule has 62 heavy (non-hydrogen) atoms. The molecule has 0 aliphatic carbocycles. The number of hydrogen-bond donors (Lipinski definition) is 3. The van der Waals surface area contributed by atoms with E-state index in [-0.39, 0.29) is 38.9 Å². The summed E-state index contributed by atoms with van der Waals surface area (Å²) in [5.41, 5.74) is 0. The van der Waals surface area contributed by atoms with E-state index >= 15 is 0 Å². The molecule has 360 valence electrons. The first-order chi connectivity index (χ1) is 29.8. The summed E-state index contributed by atoms with van der Waals surface area (Å²) in [6.45, 7) is 4.03. The number of quaternary nitrogens is 1. The second-order valence-corrected chi connectivity index (χ2v) is 18.9. The van der Waals surface area contributed by atoms with Crippen molar-refractivity contribution in [3.05, 3.63) is 60.8 Å². The fourth-order valence-corrected chi connectivity index (χ4v) is 7.01. The van der Waals surface area contributed by atoms with Crippen molar-refractivity contribution >= 4 is 19.8 Å². The number of phosphoric ester groups is 1. The molecule has 12 heteroatoms. The zero-order valence-electron chi connectivity index (χ0n) is 39.8. The van der Waals surface area contributed by atoms with Crippen molar-refractivity contribution in [2.45, 2.75) is 199 Å². The fraction of sp³-hybridized carbons (Fsp3) is 0.760. The smallest absolute Gasteiger partial charge is 0.462 e. The third-order valence-electron chi connectivity index (χ3n) is 10.2. The molecule has 0 fully saturated rings. The van der Waals surface area contributed by atoms with Crippen LogP contribution >= 0.6 is 7.82 Å². The average molecular weight is 897 g/mol. The molecule has 0 aromatic carbocycles. The molecule has 0 aliphatic heterocycles. The Hall–Kier alpha value is -2.37. The third kappa shape index (κ3) is 42.9. The Morgan fingerprint density at radius 3 is 1.56 bits per heavy atom. The van der Waals surface area contributed by atoms with Crippen LogP contribution in [0.15, 0.2) is 60.8 Å². The number of likely N-dealkylation sites (N-methyl/N-ethyl adjacent to an activating group) is 1. The largest absolute Gasteiger partial charge is 0.472 e. The van der Waals surface area contributed by atoms with Crippen LogP contribution in [-0.4, -0.2) is 97.3 Å². The van der Waals surface area contributed by atoms with Crippen molar-refractivity contribution in [2.75, 3.05) is 47.5 Å². The van der Waals surface area contributed by atoms with Gasteiger partial charge in [-0.2, -0.15) is 0 Å². The molecule has 11 nitrogen and oxygen atoms in total. The van der Waals surface area contributed by atoms with Crippen molar-refractivity contribution in [3.8, 4) is 0 Å². The van der Waals surface area contributed by atoms with Gasteiger partial charge in [0.15, 0.2) is 6.10 Å². The maximum absolute atomic E-state index is 12.7. The van der Waals surface area contributed by atoms with Gasteiger partial charge in [0.2, 0.25) is 0 Å². The number of rotatable bonds is 43. The number of esters is 2. The van der Waals surface area contributed by atoms with E-state index in [9.17, 15) is 29.3 Å². The highest BCUT2D eigenvalue weighted by Crippen LogP contribution is 2.43. The molecule has 3 N–H and O–H groups in total. The van der Waals surface area contributed by atoms with Gasteiger partial charge in [-0.1, -0.05) is 145 Å². The minimum Gasteiger partial charge on any atom is -0.462 e. The van der Waals surface area contributed by atoms with E-state index in [0.717, 1.165) is 51.4 Å². The number of phosphoric acid groups is 1. The van der Waals surface area contributed by atoms with E-state index in [1.807, 2.05) is 33.3 Å². The number of aliphatic hydroxyl groups is 2. The maximum atomic E-state index is 12.7. The van der Waals surface area contributed by atoms with E-state index in [2.05, 4.69) is 62.5 Å². The van der Waals surface area contributed by atoms with Gasteiger partial charge >= 0.3 is 19.8 Å². The lowest BCUT2D eigenvalue weighted by molar-refractivity contribution is -0.870. The van der Waals surface area contributed by atoms with Gasteiger partial charge in [-0.25, -0.2) is 4.57 Å². The fourth-order valence-electron chi connectivity index (χ4n) is 6.26. The molecule has 0 radical (unpaired) electrons. The predicted octanol–water partition coefficient (Wildman–Crippen LogP) is 12.0. The topological polar surface area (TPSA) is 149 Å². The normalized spacial score (nSPS) is 15.0. The number of carbonyl (C=O) groups is 2. The Morgan fingerprint density at radius 2 is 1.03 bits per heavy atom. The lowest BCUT2D eigenvalue weighted by Crippen LogP contribution is -2.37. The van der Waals surface area contributed by atoms with Gasteiger partial charge in [0.25, 0.3) is 0 Å². The van der Waals surface area contributed by atoms with Crippen molar-refractivity contribution in [3.63, 3.8) is 0 Å². The van der Waals surface area contributed by atoms with Crippen LogP contribution in [0.4, 0.5) is 0 Å². The maximum Gasteiger partial charge on any atom is 0.472 e. The summed E-state index contributed by atoms with van der Waals surface area (Å²) in [7, 11) is 1.31. The standard InChI is InChI=1S/C50H90NO10P/c1-6-8-10-12-14-16-18-20-21-22-23-24-25-26-28-30-32-34-36-40-50(55)61-46(45-60-62(56,57)59-43-42-51(3,4)5)44-58-49(54)41-37-39-48(53)47(52)38-35-33-31-29-27-19-17-15-13-11-9-7-2/h14-17,20-21,27,29,33,35,46-48,52-53H,6-13,18-19,22-26,28,30-32,34,36-45H2,1-5H3/p+1/b16-14-,17-15-,21-20-,29-27-,35-33-/t46-,47?,48?/m1/s1. The molecule has 0 saturated carbocycles. The number of nitrogens with zero attached hydrogens (tertiary/aromatic N) is 1. The SMILES string of the molecule is CCCCC/C=C\C/C=C\C/C=C\CC(O)C(O)CCCC(=O)OC[C@H](COP(=O)(O)OCC[N+](C)(C)C)OC(=O)CCCCCCCCCCC/C=C\C/C=C\CCCCC. The Labute approximate surface area is 378 Å². The Morgan fingerprint density at radius 1 is 0.565 bits per heavy atom. The first-order valence-electron chi connectivity index (χ1n) is 24.2. The first-order valence-corrected chi connectivity index (χ1v) is 25.7. The van der Waals surface area contributed by atoms with E-state index in [0.29, 0.717) is 23.9 Å². The van der Waals surface area contributed by atoms with Gasteiger partial charge in [0.1, 0.15) is 19.8 Å². The molecular formula is C50H91NO10P+. The summed E-state index contributed by atoms with van der Waals surface area (Å²) in [5.74, 6) is -1.09. The molecule has 0 rings (SSSR count). The summed E-state index contributed by atoms with van der Waals surface area (Å²) >= 11 is 0. The van der Waals surface area contributed by atoms with Crippen LogP contribution in [-0.2, 0) is 32.7 Å². The number of allylic oxidation sites excluding steroid dienone is 9. The monoisotopic (exact) mass is 897 g/mol. The van der Waals surface area contributed by atoms with E-state index in [1.165, 1.54) is 77.0 Å². The Bertz CT molecular complexity index is 1270. The van der Waals surface area contributed by atoms with E-state index < -0.39 is 44.7 Å². The minimum atomic E-state index is -4.45. The summed E-state index contributed by atoms with van der Waals surface area (Å²) in [4.78, 5) is 35.5. The van der Waals surface area contributed by atoms with Crippen molar-refractivity contribution in [1.29, 1.82) is 0 Å². The lowest BCUT2D eigenvalue weighted by Gasteiger charge is -2.24. The molecule has 4 atom stereocenters. The van der Waals surface area contributed by atoms with Crippen LogP contribution in [0.5, 0.6) is 0 Å². The van der Waals surface area contributed by atoms with Gasteiger partial charge in [0.05, 0.1) is 40.0 Å². The van der Waals surface area contributed by atoms with E-state index in [4.69, 9.17) is 18.5 Å².